The molecule has 0 spiro atoms. The van der Waals surface area contributed by atoms with Gasteiger partial charge in [0, 0.05) is 28.7 Å². The van der Waals surface area contributed by atoms with Crippen molar-refractivity contribution in [3.63, 3.8) is 0 Å². The van der Waals surface area contributed by atoms with Crippen LogP contribution >= 0.6 is 23.5 Å². The predicted octanol–water partition coefficient (Wildman–Crippen LogP) is 3.85. The van der Waals surface area contributed by atoms with Crippen molar-refractivity contribution in [1.82, 2.24) is 4.90 Å². The first-order chi connectivity index (χ1) is 8.36. The second kappa shape index (κ2) is 9.86. The smallest absolute Gasteiger partial charge is 0.00722 e. The van der Waals surface area contributed by atoms with Gasteiger partial charge in [0.2, 0.25) is 0 Å². The van der Waals surface area contributed by atoms with Crippen molar-refractivity contribution in [1.29, 1.82) is 0 Å². The van der Waals surface area contributed by atoms with Crippen LogP contribution in [0.2, 0.25) is 0 Å². The third-order valence-electron chi connectivity index (χ3n) is 2.69. The van der Waals surface area contributed by atoms with Crippen LogP contribution in [0.25, 0.3) is 0 Å². The summed E-state index contributed by atoms with van der Waals surface area (Å²) in [6.45, 7) is 8.05. The number of nitrogens with zero attached hydrogens (tertiary/aromatic N) is 1. The molecule has 0 unspecified atom stereocenters. The van der Waals surface area contributed by atoms with Gasteiger partial charge in [0.25, 0.3) is 0 Å². The Morgan fingerprint density at radius 2 is 1.65 bits per heavy atom. The zero-order valence-electron chi connectivity index (χ0n) is 10.9. The van der Waals surface area contributed by atoms with Gasteiger partial charge in [-0.25, -0.2) is 0 Å². The van der Waals surface area contributed by atoms with E-state index in [4.69, 9.17) is 0 Å². The van der Waals surface area contributed by atoms with Crippen molar-refractivity contribution in [2.24, 2.45) is 0 Å². The van der Waals surface area contributed by atoms with E-state index in [-0.39, 0.29) is 0 Å². The summed E-state index contributed by atoms with van der Waals surface area (Å²) < 4.78 is 0. The lowest BCUT2D eigenvalue weighted by Crippen LogP contribution is -2.25. The van der Waals surface area contributed by atoms with Crippen LogP contribution in [0, 0.1) is 0 Å². The molecule has 1 aromatic carbocycles. The highest BCUT2D eigenvalue weighted by molar-refractivity contribution is 8.02. The molecule has 0 atom stereocenters. The fourth-order valence-corrected chi connectivity index (χ4v) is 3.55. The topological polar surface area (TPSA) is 3.24 Å². The number of hydrogen-bond donors (Lipinski definition) is 0. The van der Waals surface area contributed by atoms with Crippen LogP contribution in [0.1, 0.15) is 13.8 Å². The molecule has 1 rings (SSSR count). The summed E-state index contributed by atoms with van der Waals surface area (Å²) in [5.74, 6) is 3.73. The minimum absolute atomic E-state index is 1.18. The van der Waals surface area contributed by atoms with Gasteiger partial charge in [0.05, 0.1) is 0 Å². The zero-order chi connectivity index (χ0) is 12.3. The first kappa shape index (κ1) is 14.9. The van der Waals surface area contributed by atoms with E-state index in [1.54, 1.807) is 0 Å². The number of hydrogen-bond acceptors (Lipinski definition) is 3. The van der Waals surface area contributed by atoms with E-state index in [1.807, 2.05) is 11.8 Å². The Morgan fingerprint density at radius 3 is 2.29 bits per heavy atom. The molecule has 0 heterocycles. The van der Waals surface area contributed by atoms with Gasteiger partial charge in [-0.3, -0.25) is 0 Å². The van der Waals surface area contributed by atoms with Crippen LogP contribution in [0.15, 0.2) is 35.2 Å². The molecule has 1 aromatic rings. The van der Waals surface area contributed by atoms with Gasteiger partial charge < -0.3 is 4.90 Å². The number of thioether (sulfide) groups is 2. The van der Waals surface area contributed by atoms with Crippen molar-refractivity contribution in [2.45, 2.75) is 18.7 Å². The molecule has 0 bridgehead atoms. The van der Waals surface area contributed by atoms with Crippen LogP contribution in [0.3, 0.4) is 0 Å². The van der Waals surface area contributed by atoms with Gasteiger partial charge in [-0.1, -0.05) is 32.0 Å². The van der Waals surface area contributed by atoms with E-state index in [2.05, 4.69) is 60.8 Å². The van der Waals surface area contributed by atoms with Gasteiger partial charge in [0.15, 0.2) is 0 Å². The molecule has 0 saturated heterocycles. The van der Waals surface area contributed by atoms with Crippen LogP contribution in [-0.4, -0.2) is 41.8 Å². The maximum absolute atomic E-state index is 2.48. The van der Waals surface area contributed by atoms with Crippen LogP contribution < -0.4 is 0 Å². The Bertz CT molecular complexity index is 273. The summed E-state index contributed by atoms with van der Waals surface area (Å²) >= 11 is 4.03. The lowest BCUT2D eigenvalue weighted by atomic mass is 10.4. The van der Waals surface area contributed by atoms with Gasteiger partial charge in [0.1, 0.15) is 0 Å². The lowest BCUT2D eigenvalue weighted by molar-refractivity contribution is 0.324. The fraction of sp³-hybridized carbons (Fsp3) is 0.571. The van der Waals surface area contributed by atoms with E-state index in [1.165, 1.54) is 41.8 Å². The van der Waals surface area contributed by atoms with Gasteiger partial charge in [-0.15, -0.1) is 11.8 Å². The summed E-state index contributed by atoms with van der Waals surface area (Å²) in [5, 5.41) is 0. The number of rotatable bonds is 9. The normalized spacial score (nSPS) is 11.0. The largest absolute Gasteiger partial charge is 0.303 e. The van der Waals surface area contributed by atoms with Crippen molar-refractivity contribution >= 4 is 23.5 Å². The van der Waals surface area contributed by atoms with Crippen molar-refractivity contribution in [3.05, 3.63) is 30.3 Å². The molecule has 96 valence electrons. The third kappa shape index (κ3) is 7.02. The molecule has 0 aliphatic heterocycles. The highest BCUT2D eigenvalue weighted by atomic mass is 32.2. The van der Waals surface area contributed by atoms with E-state index in [0.29, 0.717) is 0 Å². The molecule has 0 aliphatic rings. The molecule has 0 radical (unpaired) electrons. The first-order valence-corrected chi connectivity index (χ1v) is 8.48. The lowest BCUT2D eigenvalue weighted by Gasteiger charge is -2.17. The quantitative estimate of drug-likeness (QED) is 0.495. The minimum Gasteiger partial charge on any atom is -0.303 e. The molecule has 1 nitrogen and oxygen atoms in total. The average Bonchev–Trinajstić information content (AvgIpc) is 2.39. The summed E-state index contributed by atoms with van der Waals surface area (Å²) in [6, 6.07) is 10.7. The molecule has 0 fully saturated rings. The SMILES string of the molecule is CCN(CC)CCSCCSc1ccccc1. The molecule has 0 aromatic heterocycles. The Hall–Kier alpha value is -0.120. The molecule has 0 N–H and O–H groups in total. The molecule has 0 aliphatic carbocycles. The van der Waals surface area contributed by atoms with Gasteiger partial charge in [-0.2, -0.15) is 11.8 Å². The standard InChI is InChI=1S/C14H23NS2/c1-3-15(4-2)10-11-16-12-13-17-14-8-6-5-7-9-14/h5-9H,3-4,10-13H2,1-2H3. The summed E-state index contributed by atoms with van der Waals surface area (Å²) in [6.07, 6.45) is 0. The minimum atomic E-state index is 1.18. The van der Waals surface area contributed by atoms with E-state index in [9.17, 15) is 0 Å². The Balaban J connectivity index is 1.98. The van der Waals surface area contributed by atoms with Gasteiger partial charge in [-0.05, 0) is 25.2 Å². The second-order valence-corrected chi connectivity index (χ2v) is 6.19. The molecule has 17 heavy (non-hydrogen) atoms. The highest BCUT2D eigenvalue weighted by Crippen LogP contribution is 2.18. The maximum Gasteiger partial charge on any atom is 0.00722 e. The first-order valence-electron chi connectivity index (χ1n) is 6.34. The summed E-state index contributed by atoms with van der Waals surface area (Å²) in [5.41, 5.74) is 0. The predicted molar refractivity (Wildman–Crippen MR) is 82.3 cm³/mol. The highest BCUT2D eigenvalue weighted by Gasteiger charge is 1.98. The van der Waals surface area contributed by atoms with E-state index >= 15 is 0 Å². The monoisotopic (exact) mass is 269 g/mol. The Labute approximate surface area is 114 Å². The third-order valence-corrected chi connectivity index (χ3v) is 4.92. The summed E-state index contributed by atoms with van der Waals surface area (Å²) in [4.78, 5) is 3.87. The van der Waals surface area contributed by atoms with Crippen molar-refractivity contribution < 1.29 is 0 Å². The van der Waals surface area contributed by atoms with E-state index < -0.39 is 0 Å². The van der Waals surface area contributed by atoms with Crippen LogP contribution in [0.4, 0.5) is 0 Å². The Kier molecular flexibility index (Phi) is 8.67. The maximum atomic E-state index is 2.48. The van der Waals surface area contributed by atoms with Crippen LogP contribution in [-0.2, 0) is 0 Å². The molecular formula is C14H23NS2. The number of benzene rings is 1. The summed E-state index contributed by atoms with van der Waals surface area (Å²) in [7, 11) is 0. The second-order valence-electron chi connectivity index (χ2n) is 3.80. The zero-order valence-corrected chi connectivity index (χ0v) is 12.5. The van der Waals surface area contributed by atoms with E-state index in [0.717, 1.165) is 0 Å². The average molecular weight is 269 g/mol. The molecule has 3 heteroatoms. The van der Waals surface area contributed by atoms with Crippen molar-refractivity contribution in [3.8, 4) is 0 Å². The Morgan fingerprint density at radius 1 is 0.941 bits per heavy atom. The van der Waals surface area contributed by atoms with Gasteiger partial charge >= 0.3 is 0 Å². The molecular weight excluding hydrogens is 246 g/mol. The fourth-order valence-electron chi connectivity index (χ4n) is 1.57. The van der Waals surface area contributed by atoms with Crippen molar-refractivity contribution in [2.75, 3.05) is 36.9 Å². The molecule has 0 saturated carbocycles. The molecule has 0 amide bonds. The van der Waals surface area contributed by atoms with Crippen LogP contribution in [0.5, 0.6) is 0 Å².